The molecule has 0 aromatic heterocycles. The molecule has 0 fully saturated rings. The number of nitrogens with one attached hydrogen (secondary N) is 1. The minimum absolute atomic E-state index is 0.0455. The second-order valence-corrected chi connectivity index (χ2v) is 8.74. The van der Waals surface area contributed by atoms with Crippen molar-refractivity contribution in [3.05, 3.63) is 53.6 Å². The largest absolute Gasteiger partial charge is 0.495 e. The number of amides is 1. The van der Waals surface area contributed by atoms with E-state index in [0.717, 1.165) is 21.9 Å². The number of nitrogens with zero attached hydrogens (tertiary/aromatic N) is 1. The van der Waals surface area contributed by atoms with E-state index in [4.69, 9.17) is 4.74 Å². The fourth-order valence-corrected chi connectivity index (χ4v) is 4.11. The Labute approximate surface area is 167 Å². The molecule has 0 spiro atoms. The van der Waals surface area contributed by atoms with E-state index in [1.54, 1.807) is 36.4 Å². The van der Waals surface area contributed by atoms with Gasteiger partial charge < -0.3 is 10.1 Å². The molecule has 2 aromatic rings. The number of sulfonamides is 1. The highest BCUT2D eigenvalue weighted by Crippen LogP contribution is 2.33. The smallest absolute Gasteiger partial charge is 0.264 e. The summed E-state index contributed by atoms with van der Waals surface area (Å²) in [5.74, 6) is 0.0197. The van der Waals surface area contributed by atoms with Crippen molar-refractivity contribution in [2.24, 2.45) is 0 Å². The predicted molar refractivity (Wildman–Crippen MR) is 111 cm³/mol. The van der Waals surface area contributed by atoms with Gasteiger partial charge in [-0.05, 0) is 57.0 Å². The zero-order valence-electron chi connectivity index (χ0n) is 17.0. The summed E-state index contributed by atoms with van der Waals surface area (Å²) >= 11 is 0. The average molecular weight is 405 g/mol. The summed E-state index contributed by atoms with van der Waals surface area (Å²) in [5, 5.41) is 2.83. The van der Waals surface area contributed by atoms with E-state index < -0.39 is 10.0 Å². The first-order chi connectivity index (χ1) is 13.2. The van der Waals surface area contributed by atoms with Crippen LogP contribution in [0.3, 0.4) is 0 Å². The summed E-state index contributed by atoms with van der Waals surface area (Å²) in [6.07, 6.45) is 0.754. The van der Waals surface area contributed by atoms with Crippen LogP contribution in [0.15, 0.2) is 47.4 Å². The maximum Gasteiger partial charge on any atom is 0.264 e. The highest BCUT2D eigenvalue weighted by atomic mass is 32.2. The molecule has 0 aliphatic carbocycles. The number of aryl methyl sites for hydroxylation is 2. The number of carbonyl (C=O) groups is 1. The number of anilines is 1. The molecule has 0 aliphatic heterocycles. The number of methoxy groups -OCH3 is 1. The van der Waals surface area contributed by atoms with E-state index in [9.17, 15) is 13.2 Å². The second-order valence-electron chi connectivity index (χ2n) is 6.88. The lowest BCUT2D eigenvalue weighted by Gasteiger charge is -2.26. The number of rotatable bonds is 8. The maximum atomic E-state index is 13.4. The third-order valence-electron chi connectivity index (χ3n) is 4.52. The molecule has 0 radical (unpaired) electrons. The van der Waals surface area contributed by atoms with E-state index in [2.05, 4.69) is 5.32 Å². The van der Waals surface area contributed by atoms with Gasteiger partial charge in [-0.1, -0.05) is 30.7 Å². The summed E-state index contributed by atoms with van der Waals surface area (Å²) in [6.45, 7) is 7.25. The van der Waals surface area contributed by atoms with Crippen molar-refractivity contribution in [3.8, 4) is 5.75 Å². The molecule has 0 bridgehead atoms. The van der Waals surface area contributed by atoms with E-state index in [1.807, 2.05) is 33.8 Å². The summed E-state index contributed by atoms with van der Waals surface area (Å²) in [5.41, 5.74) is 2.15. The average Bonchev–Trinajstić information content (AvgIpc) is 2.66. The number of ether oxygens (including phenoxy) is 1. The summed E-state index contributed by atoms with van der Waals surface area (Å²) in [6, 6.07) is 11.8. The molecule has 0 unspecified atom stereocenters. The Morgan fingerprint density at radius 2 is 1.71 bits per heavy atom. The van der Waals surface area contributed by atoms with Crippen LogP contribution in [-0.4, -0.2) is 34.0 Å². The molecule has 1 atom stereocenters. The van der Waals surface area contributed by atoms with Crippen molar-refractivity contribution in [1.82, 2.24) is 5.32 Å². The van der Waals surface area contributed by atoms with Crippen LogP contribution in [0.1, 0.15) is 31.4 Å². The third kappa shape index (κ3) is 5.04. The van der Waals surface area contributed by atoms with Crippen molar-refractivity contribution in [3.63, 3.8) is 0 Å². The Bertz CT molecular complexity index is 924. The molecule has 0 saturated carbocycles. The first kappa shape index (κ1) is 21.8. The van der Waals surface area contributed by atoms with Crippen LogP contribution in [0.2, 0.25) is 0 Å². The van der Waals surface area contributed by atoms with Crippen molar-refractivity contribution in [1.29, 1.82) is 0 Å². The minimum Gasteiger partial charge on any atom is -0.495 e. The van der Waals surface area contributed by atoms with Gasteiger partial charge in [0.05, 0.1) is 17.7 Å². The normalized spacial score (nSPS) is 12.3. The van der Waals surface area contributed by atoms with Gasteiger partial charge in [0.2, 0.25) is 5.91 Å². The molecular weight excluding hydrogens is 376 g/mol. The SMILES string of the molecule is CC[C@H](C)NC(=O)CN(c1cc(C)ccc1OC)S(=O)(=O)c1ccc(C)cc1. The lowest BCUT2D eigenvalue weighted by Crippen LogP contribution is -2.43. The molecule has 0 aliphatic rings. The summed E-state index contributed by atoms with van der Waals surface area (Å²) in [7, 11) is -2.49. The van der Waals surface area contributed by atoms with Crippen LogP contribution in [0.4, 0.5) is 5.69 Å². The van der Waals surface area contributed by atoms with Gasteiger partial charge in [-0.15, -0.1) is 0 Å². The number of hydrogen-bond acceptors (Lipinski definition) is 4. The van der Waals surface area contributed by atoms with Gasteiger partial charge in [-0.3, -0.25) is 9.10 Å². The molecular formula is C21H28N2O4S. The predicted octanol–water partition coefficient (Wildman–Crippen LogP) is 3.42. The Morgan fingerprint density at radius 1 is 1.11 bits per heavy atom. The Kier molecular flexibility index (Phi) is 7.07. The molecule has 7 heteroatoms. The molecule has 1 amide bonds. The van der Waals surface area contributed by atoms with Crippen LogP contribution in [0, 0.1) is 13.8 Å². The second kappa shape index (κ2) is 9.10. The monoisotopic (exact) mass is 404 g/mol. The summed E-state index contributed by atoms with van der Waals surface area (Å²) in [4.78, 5) is 12.7. The molecule has 0 heterocycles. The fourth-order valence-electron chi connectivity index (χ4n) is 2.68. The van der Waals surface area contributed by atoms with Crippen molar-refractivity contribution in [2.75, 3.05) is 18.0 Å². The lowest BCUT2D eigenvalue weighted by atomic mass is 10.2. The first-order valence-corrected chi connectivity index (χ1v) is 10.7. The molecule has 0 saturated heterocycles. The zero-order chi connectivity index (χ0) is 20.9. The van der Waals surface area contributed by atoms with Crippen molar-refractivity contribution >= 4 is 21.6 Å². The molecule has 2 rings (SSSR count). The minimum atomic E-state index is -3.97. The van der Waals surface area contributed by atoms with E-state index in [0.29, 0.717) is 11.4 Å². The first-order valence-electron chi connectivity index (χ1n) is 9.22. The topological polar surface area (TPSA) is 75.7 Å². The van der Waals surface area contributed by atoms with Gasteiger partial charge in [-0.25, -0.2) is 8.42 Å². The van der Waals surface area contributed by atoms with Gasteiger partial charge in [-0.2, -0.15) is 0 Å². The molecule has 2 aromatic carbocycles. The van der Waals surface area contributed by atoms with Crippen LogP contribution in [0.5, 0.6) is 5.75 Å². The Morgan fingerprint density at radius 3 is 2.29 bits per heavy atom. The van der Waals surface area contributed by atoms with E-state index in [-0.39, 0.29) is 23.4 Å². The quantitative estimate of drug-likeness (QED) is 0.731. The van der Waals surface area contributed by atoms with Crippen LogP contribution in [0.25, 0.3) is 0 Å². The van der Waals surface area contributed by atoms with E-state index >= 15 is 0 Å². The Hall–Kier alpha value is -2.54. The van der Waals surface area contributed by atoms with Crippen molar-refractivity contribution in [2.45, 2.75) is 45.1 Å². The molecule has 1 N–H and O–H groups in total. The van der Waals surface area contributed by atoms with Gasteiger partial charge in [0.15, 0.2) is 0 Å². The lowest BCUT2D eigenvalue weighted by molar-refractivity contribution is -0.120. The van der Waals surface area contributed by atoms with Gasteiger partial charge in [0, 0.05) is 6.04 Å². The van der Waals surface area contributed by atoms with Gasteiger partial charge in [0.25, 0.3) is 10.0 Å². The maximum absolute atomic E-state index is 13.4. The van der Waals surface area contributed by atoms with Crippen molar-refractivity contribution < 1.29 is 17.9 Å². The molecule has 28 heavy (non-hydrogen) atoms. The third-order valence-corrected chi connectivity index (χ3v) is 6.29. The highest BCUT2D eigenvalue weighted by Gasteiger charge is 2.29. The van der Waals surface area contributed by atoms with Gasteiger partial charge >= 0.3 is 0 Å². The number of carbonyl (C=O) groups excluding carboxylic acids is 1. The highest BCUT2D eigenvalue weighted by molar-refractivity contribution is 7.92. The van der Waals surface area contributed by atoms with Crippen LogP contribution < -0.4 is 14.4 Å². The number of benzene rings is 2. The number of hydrogen-bond donors (Lipinski definition) is 1. The van der Waals surface area contributed by atoms with Crippen LogP contribution >= 0.6 is 0 Å². The van der Waals surface area contributed by atoms with Gasteiger partial charge in [0.1, 0.15) is 12.3 Å². The molecule has 6 nitrogen and oxygen atoms in total. The zero-order valence-corrected chi connectivity index (χ0v) is 17.8. The summed E-state index contributed by atoms with van der Waals surface area (Å²) < 4.78 is 33.3. The Balaban J connectivity index is 2.54. The van der Waals surface area contributed by atoms with Crippen LogP contribution in [-0.2, 0) is 14.8 Å². The fraction of sp³-hybridized carbons (Fsp3) is 0.381. The molecule has 152 valence electrons. The standard InChI is InChI=1S/C21H28N2O4S/c1-6-17(4)22-21(24)14-23(19-13-16(3)9-12-20(19)27-5)28(25,26)18-10-7-15(2)8-11-18/h7-13,17H,6,14H2,1-5H3,(H,22,24)/t17-/m0/s1. The van der Waals surface area contributed by atoms with E-state index in [1.165, 1.54) is 7.11 Å².